The van der Waals surface area contributed by atoms with E-state index in [9.17, 15) is 23.5 Å². The molecule has 9 heteroatoms. The Morgan fingerprint density at radius 1 is 1.24 bits per heavy atom. The Morgan fingerprint density at radius 2 is 1.88 bits per heavy atom. The molecule has 34 heavy (non-hydrogen) atoms. The molecule has 1 amide bonds. The van der Waals surface area contributed by atoms with E-state index in [1.165, 1.54) is 0 Å². The fraction of sp³-hybridized carbons (Fsp3) is 0.440. The molecule has 1 heterocycles. The van der Waals surface area contributed by atoms with Crippen LogP contribution in [0.4, 0.5) is 0 Å². The van der Waals surface area contributed by atoms with Crippen LogP contribution in [0.5, 0.6) is 0 Å². The first-order chi connectivity index (χ1) is 15.9. The van der Waals surface area contributed by atoms with Crippen LogP contribution < -0.4 is 5.73 Å². The van der Waals surface area contributed by atoms with Gasteiger partial charge in [-0.15, -0.1) is 0 Å². The zero-order chi connectivity index (χ0) is 25.2. The lowest BCUT2D eigenvalue weighted by Gasteiger charge is -2.52. The van der Waals surface area contributed by atoms with Gasteiger partial charge in [-0.05, 0) is 42.5 Å². The lowest BCUT2D eigenvalue weighted by Crippen LogP contribution is -2.65. The summed E-state index contributed by atoms with van der Waals surface area (Å²) in [7, 11) is 0. The fourth-order valence-electron chi connectivity index (χ4n) is 4.88. The number of hydrogen-bond acceptors (Lipinski definition) is 4. The number of carbonyl (C=O) groups is 2. The number of amides is 1. The van der Waals surface area contributed by atoms with Gasteiger partial charge in [-0.1, -0.05) is 67.4 Å². The van der Waals surface area contributed by atoms with Crippen LogP contribution in [0.15, 0.2) is 48.5 Å². The molecule has 2 aromatic rings. The monoisotopic (exact) mass is 506 g/mol. The van der Waals surface area contributed by atoms with Gasteiger partial charge >= 0.3 is 5.97 Å². The summed E-state index contributed by atoms with van der Waals surface area (Å²) >= 11 is 4.13. The van der Waals surface area contributed by atoms with Crippen molar-refractivity contribution in [3.05, 3.63) is 70.2 Å². The summed E-state index contributed by atoms with van der Waals surface area (Å²) in [5.74, 6) is -2.43. The van der Waals surface area contributed by atoms with Crippen molar-refractivity contribution in [2.45, 2.75) is 57.2 Å². The predicted octanol–water partition coefficient (Wildman–Crippen LogP) is 4.12. The van der Waals surface area contributed by atoms with Crippen molar-refractivity contribution in [3.8, 4) is 0 Å². The molecule has 1 saturated heterocycles. The van der Waals surface area contributed by atoms with Crippen molar-refractivity contribution in [2.24, 2.45) is 11.7 Å². The Labute approximate surface area is 207 Å². The van der Waals surface area contributed by atoms with Gasteiger partial charge in [0.2, 0.25) is 5.91 Å². The molecule has 0 aromatic heterocycles. The van der Waals surface area contributed by atoms with E-state index in [0.29, 0.717) is 5.02 Å². The Hall–Kier alpha value is -2.26. The molecular weight excluding hydrogens is 476 g/mol. The average molecular weight is 507 g/mol. The average Bonchev–Trinajstić information content (AvgIpc) is 2.74. The van der Waals surface area contributed by atoms with Crippen LogP contribution in [-0.4, -0.2) is 48.0 Å². The third-order valence-corrected chi connectivity index (χ3v) is 7.39. The largest absolute Gasteiger partial charge is 0.481 e. The highest BCUT2D eigenvalue weighted by Crippen LogP contribution is 2.48. The highest BCUT2D eigenvalue weighted by molar-refractivity contribution is 7.79. The molecule has 0 bridgehead atoms. The molecule has 1 aliphatic rings. The summed E-state index contributed by atoms with van der Waals surface area (Å²) in [4.78, 5) is 27.2. The molecule has 3 rings (SSSR count). The number of piperidine rings is 1. The van der Waals surface area contributed by atoms with Crippen molar-refractivity contribution in [3.63, 3.8) is 0 Å². The second-order valence-corrected chi connectivity index (χ2v) is 10.9. The third kappa shape index (κ3) is 5.68. The first-order valence-corrected chi connectivity index (χ1v) is 12.8. The zero-order valence-corrected chi connectivity index (χ0v) is 21.1. The Balaban J connectivity index is 2.27. The highest BCUT2D eigenvalue weighted by Gasteiger charge is 2.53. The molecular formula is C25H31ClN2O5S. The minimum absolute atomic E-state index is 0.0978. The van der Waals surface area contributed by atoms with E-state index in [-0.39, 0.29) is 24.0 Å². The molecule has 0 aliphatic carbocycles. The van der Waals surface area contributed by atoms with Crippen LogP contribution >= 0.6 is 11.6 Å². The van der Waals surface area contributed by atoms with E-state index in [0.717, 1.165) is 16.7 Å². The summed E-state index contributed by atoms with van der Waals surface area (Å²) in [6.07, 6.45) is -0.451. The van der Waals surface area contributed by atoms with Crippen molar-refractivity contribution < 1.29 is 23.5 Å². The number of aliphatic carboxylic acids is 1. The van der Waals surface area contributed by atoms with Crippen LogP contribution in [0, 0.1) is 12.8 Å². The van der Waals surface area contributed by atoms with Crippen molar-refractivity contribution >= 4 is 34.6 Å². The van der Waals surface area contributed by atoms with Gasteiger partial charge in [0, 0.05) is 17.0 Å². The van der Waals surface area contributed by atoms with E-state index >= 15 is 0 Å². The molecule has 1 aliphatic heterocycles. The number of carboxylic acid groups (broad SMARTS) is 1. The lowest BCUT2D eigenvalue weighted by molar-refractivity contribution is -0.154. The Morgan fingerprint density at radius 3 is 2.41 bits per heavy atom. The van der Waals surface area contributed by atoms with Crippen LogP contribution in [0.1, 0.15) is 55.3 Å². The number of rotatable bonds is 8. The summed E-state index contributed by atoms with van der Waals surface area (Å²) in [6.45, 7) is 5.70. The molecule has 184 valence electrons. The quantitative estimate of drug-likeness (QED) is 0.463. The Bertz CT molecular complexity index is 1080. The highest BCUT2D eigenvalue weighted by atomic mass is 35.5. The molecule has 5 unspecified atom stereocenters. The number of nitrogens with two attached hydrogens (primary N) is 1. The van der Waals surface area contributed by atoms with E-state index in [1.54, 1.807) is 17.0 Å². The number of hydrogen-bond donors (Lipinski definition) is 3. The van der Waals surface area contributed by atoms with Crippen molar-refractivity contribution in [1.82, 2.24) is 4.90 Å². The van der Waals surface area contributed by atoms with Gasteiger partial charge in [-0.2, -0.15) is 0 Å². The van der Waals surface area contributed by atoms with Crippen molar-refractivity contribution in [2.75, 3.05) is 5.75 Å². The Kier molecular flexibility index (Phi) is 8.18. The molecule has 0 saturated carbocycles. The van der Waals surface area contributed by atoms with Crippen LogP contribution in [0.25, 0.3) is 0 Å². The summed E-state index contributed by atoms with van der Waals surface area (Å²) < 4.78 is 21.7. The lowest BCUT2D eigenvalue weighted by atomic mass is 9.70. The fourth-order valence-corrected chi connectivity index (χ4v) is 5.91. The molecule has 5 atom stereocenters. The first-order valence-electron chi connectivity index (χ1n) is 11.2. The first kappa shape index (κ1) is 26.3. The van der Waals surface area contributed by atoms with Gasteiger partial charge in [0.25, 0.3) is 0 Å². The maximum Gasteiger partial charge on any atom is 0.305 e. The molecule has 0 radical (unpaired) electrons. The smallest absolute Gasteiger partial charge is 0.305 e. The number of halogens is 1. The van der Waals surface area contributed by atoms with Crippen LogP contribution in [0.2, 0.25) is 5.02 Å². The number of aryl methyl sites for hydroxylation is 1. The molecule has 1 fully saturated rings. The van der Waals surface area contributed by atoms with Gasteiger partial charge in [0.15, 0.2) is 11.1 Å². The summed E-state index contributed by atoms with van der Waals surface area (Å²) in [5, 5.41) is 10.1. The minimum atomic E-state index is -2.17. The van der Waals surface area contributed by atoms with Gasteiger partial charge in [-0.25, -0.2) is 4.21 Å². The molecule has 4 N–H and O–H groups in total. The SMILES string of the molecule is Cc1ccc(C2C(c3cccc(Cl)c3)CC(N)(CC(=O)O)C(=O)N2C(CS(=O)O)C(C)C)cc1. The number of carboxylic acids is 1. The van der Waals surface area contributed by atoms with Crippen molar-refractivity contribution in [1.29, 1.82) is 0 Å². The van der Waals surface area contributed by atoms with E-state index in [1.807, 2.05) is 57.2 Å². The standard InChI is InChI=1S/C25H31ClN2O5S/c1-15(2)21(14-34(32)33)28-23(17-9-7-16(3)8-10-17)20(18-5-4-6-19(26)11-18)12-25(27,24(28)31)13-22(29)30/h4-11,15,20-21,23H,12-14,27H2,1-3H3,(H,29,30)(H,32,33). The summed E-state index contributed by atoms with van der Waals surface area (Å²) in [5.41, 5.74) is 7.59. The molecule has 2 aromatic carbocycles. The molecule has 0 spiro atoms. The number of likely N-dealkylation sites (tertiary alicyclic amines) is 1. The van der Waals surface area contributed by atoms with Gasteiger partial charge in [0.05, 0.1) is 18.2 Å². The van der Waals surface area contributed by atoms with E-state index < -0.39 is 47.0 Å². The second kappa shape index (κ2) is 10.6. The second-order valence-electron chi connectivity index (χ2n) is 9.46. The van der Waals surface area contributed by atoms with Gasteiger partial charge in [-0.3, -0.25) is 9.59 Å². The van der Waals surface area contributed by atoms with E-state index in [4.69, 9.17) is 17.3 Å². The third-order valence-electron chi connectivity index (χ3n) is 6.53. The number of carbonyl (C=O) groups excluding carboxylic acids is 1. The van der Waals surface area contributed by atoms with E-state index in [2.05, 4.69) is 0 Å². The van der Waals surface area contributed by atoms with Crippen LogP contribution in [-0.2, 0) is 20.7 Å². The molecule has 7 nitrogen and oxygen atoms in total. The maximum atomic E-state index is 13.9. The minimum Gasteiger partial charge on any atom is -0.481 e. The predicted molar refractivity (Wildman–Crippen MR) is 133 cm³/mol. The summed E-state index contributed by atoms with van der Waals surface area (Å²) in [6, 6.07) is 13.9. The topological polar surface area (TPSA) is 121 Å². The normalized spacial score (nSPS) is 24.8. The van der Waals surface area contributed by atoms with Gasteiger partial charge in [0.1, 0.15) is 5.54 Å². The zero-order valence-electron chi connectivity index (χ0n) is 19.5. The van der Waals surface area contributed by atoms with Crippen LogP contribution in [0.3, 0.4) is 0 Å². The van der Waals surface area contributed by atoms with Gasteiger partial charge < -0.3 is 20.3 Å². The number of benzene rings is 2. The number of nitrogens with zero attached hydrogens (tertiary/aromatic N) is 1. The maximum absolute atomic E-state index is 13.9.